The second kappa shape index (κ2) is 5.80. The fourth-order valence-electron chi connectivity index (χ4n) is 0.822. The standard InChI is InChI=1S/C8H9N.2ClH.Ru/c1-2-5-8-6-3-4-7-9-8;;;/h1,3-4,6-7H,2,5H2;2*1H;/q;;;+2/p-2. The zero-order valence-electron chi connectivity index (χ0n) is 6.36. The molecule has 0 radical (unpaired) electrons. The van der Waals surface area contributed by atoms with E-state index >= 15 is 0 Å². The van der Waals surface area contributed by atoms with E-state index in [1.54, 1.807) is 6.20 Å². The molecule has 0 saturated heterocycles. The van der Waals surface area contributed by atoms with Gasteiger partial charge >= 0.3 is 85.4 Å². The normalized spacial score (nSPS) is 11.0. The minimum absolute atomic E-state index is 0.933. The van der Waals surface area contributed by atoms with E-state index in [9.17, 15) is 0 Å². The Morgan fingerprint density at radius 2 is 2.25 bits per heavy atom. The molecule has 1 heterocycles. The van der Waals surface area contributed by atoms with Gasteiger partial charge in [0.1, 0.15) is 0 Å². The van der Waals surface area contributed by atoms with Gasteiger partial charge in [0.25, 0.3) is 0 Å². The van der Waals surface area contributed by atoms with Crippen LogP contribution in [0, 0.1) is 0 Å². The summed E-state index contributed by atoms with van der Waals surface area (Å²) < 4.78 is 2.00. The summed E-state index contributed by atoms with van der Waals surface area (Å²) in [4.78, 5) is 4.19. The fourth-order valence-corrected chi connectivity index (χ4v) is 2.37. The first-order chi connectivity index (χ1) is 5.79. The van der Waals surface area contributed by atoms with Crippen molar-refractivity contribution in [3.63, 3.8) is 0 Å². The predicted octanol–water partition coefficient (Wildman–Crippen LogP) is 2.74. The second-order valence-corrected chi connectivity index (χ2v) is 8.14. The first-order valence-electron chi connectivity index (χ1n) is 3.50. The molecule has 0 bridgehead atoms. The van der Waals surface area contributed by atoms with Crippen LogP contribution in [0.1, 0.15) is 12.1 Å². The molecular formula is C8H9Cl2NRu. The van der Waals surface area contributed by atoms with Crippen LogP contribution in [0.3, 0.4) is 0 Å². The fraction of sp³-hybridized carbons (Fsp3) is 0.250. The topological polar surface area (TPSA) is 12.9 Å². The van der Waals surface area contributed by atoms with Gasteiger partial charge in [0, 0.05) is 0 Å². The first kappa shape index (κ1) is 10.3. The van der Waals surface area contributed by atoms with Gasteiger partial charge in [0.15, 0.2) is 0 Å². The molecule has 0 aromatic carbocycles. The van der Waals surface area contributed by atoms with Crippen LogP contribution in [-0.4, -0.2) is 9.59 Å². The van der Waals surface area contributed by atoms with Crippen molar-refractivity contribution >= 4 is 24.0 Å². The predicted molar refractivity (Wildman–Crippen MR) is 50.3 cm³/mol. The molecule has 0 amide bonds. The Labute approximate surface area is 85.2 Å². The van der Waals surface area contributed by atoms with Crippen LogP contribution in [0.15, 0.2) is 24.4 Å². The maximum absolute atomic E-state index is 5.68. The molecule has 1 aromatic rings. The summed E-state index contributed by atoms with van der Waals surface area (Å²) in [7, 11) is 11.4. The molecule has 0 aliphatic heterocycles. The number of aromatic nitrogens is 1. The summed E-state index contributed by atoms with van der Waals surface area (Å²) in [5, 5.41) is 0. The summed E-state index contributed by atoms with van der Waals surface area (Å²) >= 11 is -1.56. The number of hydrogen-bond acceptors (Lipinski definition) is 1. The van der Waals surface area contributed by atoms with Gasteiger partial charge in [-0.2, -0.15) is 0 Å². The van der Waals surface area contributed by atoms with Crippen LogP contribution in [0.5, 0.6) is 0 Å². The van der Waals surface area contributed by atoms with Crippen molar-refractivity contribution in [1.82, 2.24) is 4.98 Å². The third kappa shape index (κ3) is 4.30. The van der Waals surface area contributed by atoms with E-state index in [0.717, 1.165) is 18.5 Å². The van der Waals surface area contributed by atoms with E-state index in [4.69, 9.17) is 19.4 Å². The Bertz CT molecular complexity index is 257. The van der Waals surface area contributed by atoms with Gasteiger partial charge in [-0.25, -0.2) is 0 Å². The van der Waals surface area contributed by atoms with Crippen LogP contribution < -0.4 is 0 Å². The van der Waals surface area contributed by atoms with Crippen LogP contribution >= 0.6 is 19.4 Å². The monoisotopic (exact) mass is 291 g/mol. The first-order valence-corrected chi connectivity index (χ1v) is 8.98. The molecule has 1 aromatic heterocycles. The Balaban J connectivity index is 2.39. The number of aryl methyl sites for hydroxylation is 1. The van der Waals surface area contributed by atoms with Crippen molar-refractivity contribution in [2.24, 2.45) is 0 Å². The number of nitrogens with zero attached hydrogens (tertiary/aromatic N) is 1. The number of pyridine rings is 1. The maximum atomic E-state index is 5.68. The summed E-state index contributed by atoms with van der Waals surface area (Å²) in [6.07, 6.45) is 3.67. The van der Waals surface area contributed by atoms with Crippen molar-refractivity contribution in [3.05, 3.63) is 30.1 Å². The molecule has 12 heavy (non-hydrogen) atoms. The molecule has 1 nitrogen and oxygen atoms in total. The van der Waals surface area contributed by atoms with E-state index < -0.39 is 13.5 Å². The van der Waals surface area contributed by atoms with Crippen molar-refractivity contribution in [2.75, 3.05) is 0 Å². The van der Waals surface area contributed by atoms with Crippen molar-refractivity contribution in [2.45, 2.75) is 12.8 Å². The quantitative estimate of drug-likeness (QED) is 0.780. The van der Waals surface area contributed by atoms with Gasteiger partial charge < -0.3 is 0 Å². The van der Waals surface area contributed by atoms with Gasteiger partial charge in [0.05, 0.1) is 0 Å². The van der Waals surface area contributed by atoms with Crippen molar-refractivity contribution < 1.29 is 13.5 Å². The molecule has 0 aliphatic rings. The molecule has 0 fully saturated rings. The summed E-state index contributed by atoms with van der Waals surface area (Å²) in [6.45, 7) is 0. The molecule has 4 heteroatoms. The van der Waals surface area contributed by atoms with Crippen LogP contribution in [0.25, 0.3) is 0 Å². The van der Waals surface area contributed by atoms with E-state index in [0.29, 0.717) is 0 Å². The zero-order valence-corrected chi connectivity index (χ0v) is 9.61. The van der Waals surface area contributed by atoms with Gasteiger partial charge in [-0.1, -0.05) is 0 Å². The Hall–Kier alpha value is 0.223. The third-order valence-corrected chi connectivity index (χ3v) is 3.67. The Morgan fingerprint density at radius 1 is 1.42 bits per heavy atom. The molecule has 0 spiro atoms. The van der Waals surface area contributed by atoms with Crippen LogP contribution in [0.4, 0.5) is 0 Å². The summed E-state index contributed by atoms with van der Waals surface area (Å²) in [5.74, 6) is 0. The van der Waals surface area contributed by atoms with Crippen molar-refractivity contribution in [3.8, 4) is 0 Å². The molecule has 0 N–H and O–H groups in total. The SMILES string of the molecule is [Cl][Ru]([Cl])=[CH]CCc1ccccn1. The zero-order chi connectivity index (χ0) is 8.81. The third-order valence-electron chi connectivity index (χ3n) is 1.34. The van der Waals surface area contributed by atoms with E-state index in [1.807, 2.05) is 22.8 Å². The van der Waals surface area contributed by atoms with Crippen LogP contribution in [0.2, 0.25) is 0 Å². The molecule has 0 aliphatic carbocycles. The Morgan fingerprint density at radius 3 is 2.83 bits per heavy atom. The number of halogens is 2. The van der Waals surface area contributed by atoms with Gasteiger partial charge in [-0.05, 0) is 0 Å². The summed E-state index contributed by atoms with van der Waals surface area (Å²) in [5.41, 5.74) is 1.09. The molecular weight excluding hydrogens is 282 g/mol. The van der Waals surface area contributed by atoms with Crippen molar-refractivity contribution in [1.29, 1.82) is 0 Å². The van der Waals surface area contributed by atoms with E-state index in [2.05, 4.69) is 4.98 Å². The average Bonchev–Trinajstić information content (AvgIpc) is 2.05. The number of rotatable bonds is 3. The molecule has 0 unspecified atom stereocenters. The summed E-state index contributed by atoms with van der Waals surface area (Å²) in [6, 6.07) is 5.90. The van der Waals surface area contributed by atoms with Crippen LogP contribution in [-0.2, 0) is 19.9 Å². The van der Waals surface area contributed by atoms with E-state index in [-0.39, 0.29) is 0 Å². The van der Waals surface area contributed by atoms with E-state index in [1.165, 1.54) is 0 Å². The van der Waals surface area contributed by atoms with Gasteiger partial charge in [-0.3, -0.25) is 0 Å². The molecule has 68 valence electrons. The van der Waals surface area contributed by atoms with Gasteiger partial charge in [0.2, 0.25) is 0 Å². The van der Waals surface area contributed by atoms with Gasteiger partial charge in [-0.15, -0.1) is 0 Å². The average molecular weight is 291 g/mol. The molecule has 1 rings (SSSR count). The minimum atomic E-state index is -1.56. The number of hydrogen-bond donors (Lipinski definition) is 0. The Kier molecular flexibility index (Phi) is 4.98. The second-order valence-electron chi connectivity index (χ2n) is 2.21. The molecule has 0 saturated carbocycles. The molecule has 0 atom stereocenters.